The number of aromatic nitrogens is 3. The first-order chi connectivity index (χ1) is 15.4. The highest BCUT2D eigenvalue weighted by molar-refractivity contribution is 5.98. The third-order valence-corrected chi connectivity index (χ3v) is 5.53. The lowest BCUT2D eigenvalue weighted by molar-refractivity contribution is -0.671. The molecule has 0 aliphatic carbocycles. The molecule has 0 fully saturated rings. The number of para-hydroxylation sites is 2. The largest absolute Gasteiger partial charge is 0.265 e. The number of nitrogens with zero attached hydrogens (tertiary/aromatic N) is 3. The van der Waals surface area contributed by atoms with E-state index in [1.807, 2.05) is 61.8 Å². The molecule has 0 amide bonds. The number of fused-ring (bicyclic) bond motifs is 1. The summed E-state index contributed by atoms with van der Waals surface area (Å²) in [6.07, 6.45) is 4.03. The van der Waals surface area contributed by atoms with Crippen molar-refractivity contribution >= 4 is 10.9 Å². The Labute approximate surface area is 175 Å². The predicted octanol–water partition coefficient (Wildman–Crippen LogP) is 5.53. The first kappa shape index (κ1) is 14.4. The number of imidazole rings is 1. The summed E-state index contributed by atoms with van der Waals surface area (Å²) in [7, 11) is 1.82. The maximum absolute atomic E-state index is 8.21. The van der Waals surface area contributed by atoms with Crippen molar-refractivity contribution in [3.05, 3.63) is 103 Å². The van der Waals surface area contributed by atoms with Crippen molar-refractivity contribution in [1.82, 2.24) is 9.13 Å². The standard InChI is InChI=1S/C26H24N3/c1-19-11-10-16-23-24(21-12-6-4-7-13-21)17-29(26(19)23)25-18-28(20(2)27(25)3)22-14-8-5-9-15-22/h4-18H,1-3H3/q+1/i2D3. The lowest BCUT2D eigenvalue weighted by Crippen LogP contribution is -2.34. The molecule has 5 aromatic rings. The minimum Gasteiger partial charge on any atom is -0.236 e. The quantitative estimate of drug-likeness (QED) is 0.365. The Morgan fingerprint density at radius 1 is 0.793 bits per heavy atom. The third-order valence-electron chi connectivity index (χ3n) is 5.53. The van der Waals surface area contributed by atoms with Crippen molar-refractivity contribution in [1.29, 1.82) is 0 Å². The molecule has 0 spiro atoms. The van der Waals surface area contributed by atoms with Crippen LogP contribution in [0.4, 0.5) is 0 Å². The van der Waals surface area contributed by atoms with Crippen LogP contribution in [-0.2, 0) is 7.05 Å². The molecule has 0 saturated heterocycles. The molecule has 3 nitrogen and oxygen atoms in total. The van der Waals surface area contributed by atoms with Gasteiger partial charge in [0, 0.05) is 21.9 Å². The van der Waals surface area contributed by atoms with E-state index in [4.69, 9.17) is 4.11 Å². The van der Waals surface area contributed by atoms with Crippen molar-refractivity contribution in [2.45, 2.75) is 13.8 Å². The van der Waals surface area contributed by atoms with Gasteiger partial charge in [-0.05, 0) is 30.2 Å². The van der Waals surface area contributed by atoms with E-state index in [9.17, 15) is 0 Å². The Morgan fingerprint density at radius 3 is 2.24 bits per heavy atom. The molecule has 3 aromatic carbocycles. The molecule has 0 saturated carbocycles. The zero-order valence-corrected chi connectivity index (χ0v) is 16.5. The fourth-order valence-electron chi connectivity index (χ4n) is 4.03. The molecule has 5 rings (SSSR count). The molecule has 0 atom stereocenters. The lowest BCUT2D eigenvalue weighted by atomic mass is 10.0. The fraction of sp³-hybridized carbons (Fsp3) is 0.115. The summed E-state index contributed by atoms with van der Waals surface area (Å²) in [5, 5.41) is 1.14. The van der Waals surface area contributed by atoms with Crippen LogP contribution in [-0.4, -0.2) is 9.13 Å². The molecule has 0 aliphatic rings. The topological polar surface area (TPSA) is 13.7 Å². The Balaban J connectivity index is 1.83. The van der Waals surface area contributed by atoms with Crippen LogP contribution in [0.3, 0.4) is 0 Å². The van der Waals surface area contributed by atoms with Crippen LogP contribution >= 0.6 is 0 Å². The average molecular weight is 382 g/mol. The highest BCUT2D eigenvalue weighted by Crippen LogP contribution is 2.34. The van der Waals surface area contributed by atoms with Crippen LogP contribution in [0.25, 0.3) is 33.5 Å². The van der Waals surface area contributed by atoms with Crippen LogP contribution in [0, 0.1) is 13.8 Å². The normalized spacial score (nSPS) is 13.2. The van der Waals surface area contributed by atoms with Gasteiger partial charge in [-0.1, -0.05) is 66.7 Å². The van der Waals surface area contributed by atoms with E-state index in [1.54, 1.807) is 9.13 Å². The smallest absolute Gasteiger partial charge is 0.236 e. The van der Waals surface area contributed by atoms with Gasteiger partial charge in [0.05, 0.1) is 13.2 Å². The van der Waals surface area contributed by atoms with E-state index >= 15 is 0 Å². The monoisotopic (exact) mass is 381 g/mol. The summed E-state index contributed by atoms with van der Waals surface area (Å²) >= 11 is 0. The van der Waals surface area contributed by atoms with Gasteiger partial charge < -0.3 is 0 Å². The number of hydrogen-bond donors (Lipinski definition) is 0. The van der Waals surface area contributed by atoms with Gasteiger partial charge >= 0.3 is 0 Å². The van der Waals surface area contributed by atoms with E-state index in [1.165, 1.54) is 0 Å². The molecule has 142 valence electrons. The highest BCUT2D eigenvalue weighted by Gasteiger charge is 2.23. The maximum Gasteiger partial charge on any atom is 0.265 e. The highest BCUT2D eigenvalue weighted by atomic mass is 15.2. The Hall–Kier alpha value is -3.59. The van der Waals surface area contributed by atoms with Crippen molar-refractivity contribution in [2.75, 3.05) is 0 Å². The van der Waals surface area contributed by atoms with Gasteiger partial charge in [0.25, 0.3) is 5.82 Å². The molecule has 3 heteroatoms. The second-order valence-electron chi connectivity index (χ2n) is 7.33. The summed E-state index contributed by atoms with van der Waals surface area (Å²) in [5.74, 6) is 1.05. The molecule has 2 aromatic heterocycles. The SMILES string of the molecule is [2H]C([2H])([2H])c1n(-c2ccccc2)cc(-n2cc(-c3ccccc3)c3cccc(C)c32)[n+]1C. The Kier molecular flexibility index (Phi) is 3.37. The van der Waals surface area contributed by atoms with E-state index in [0.717, 1.165) is 39.1 Å². The third kappa shape index (κ3) is 2.78. The Bertz CT molecular complexity index is 1410. The molecule has 0 N–H and O–H groups in total. The van der Waals surface area contributed by atoms with E-state index in [2.05, 4.69) is 48.0 Å². The van der Waals surface area contributed by atoms with Crippen LogP contribution in [0.15, 0.2) is 91.3 Å². The zero-order chi connectivity index (χ0) is 22.5. The van der Waals surface area contributed by atoms with Gasteiger partial charge in [-0.3, -0.25) is 0 Å². The van der Waals surface area contributed by atoms with E-state index in [-0.39, 0.29) is 5.82 Å². The second-order valence-corrected chi connectivity index (χ2v) is 7.33. The molecule has 0 radical (unpaired) electrons. The van der Waals surface area contributed by atoms with Gasteiger partial charge in [-0.2, -0.15) is 0 Å². The predicted molar refractivity (Wildman–Crippen MR) is 119 cm³/mol. The first-order valence-corrected chi connectivity index (χ1v) is 9.70. The summed E-state index contributed by atoms with van der Waals surface area (Å²) < 4.78 is 30.3. The molecule has 29 heavy (non-hydrogen) atoms. The van der Waals surface area contributed by atoms with Crippen molar-refractivity contribution in [3.8, 4) is 22.6 Å². The average Bonchev–Trinajstić information content (AvgIpc) is 3.34. The number of rotatable bonds is 3. The minimum atomic E-state index is -2.27. The molecular weight excluding hydrogens is 354 g/mol. The lowest BCUT2D eigenvalue weighted by Gasteiger charge is -2.02. The van der Waals surface area contributed by atoms with Crippen molar-refractivity contribution in [2.24, 2.45) is 7.05 Å². The van der Waals surface area contributed by atoms with Gasteiger partial charge in [0.1, 0.15) is 17.4 Å². The van der Waals surface area contributed by atoms with Gasteiger partial charge in [-0.25, -0.2) is 13.7 Å². The second kappa shape index (κ2) is 6.78. The molecular formula is C26H24N3+. The Morgan fingerprint density at radius 2 is 1.52 bits per heavy atom. The summed E-state index contributed by atoms with van der Waals surface area (Å²) in [6, 6.07) is 26.2. The van der Waals surface area contributed by atoms with E-state index < -0.39 is 6.85 Å². The zero-order valence-electron chi connectivity index (χ0n) is 19.5. The minimum absolute atomic E-state index is 0.260. The number of benzene rings is 3. The fourth-order valence-corrected chi connectivity index (χ4v) is 4.03. The molecule has 0 bridgehead atoms. The summed E-state index contributed by atoms with van der Waals surface area (Å²) in [6.45, 7) is -0.185. The van der Waals surface area contributed by atoms with Crippen LogP contribution < -0.4 is 4.57 Å². The number of aryl methyl sites for hydroxylation is 1. The summed E-state index contributed by atoms with van der Waals surface area (Å²) in [5.41, 5.74) is 5.27. The van der Waals surface area contributed by atoms with Gasteiger partial charge in [-0.15, -0.1) is 0 Å². The molecule has 0 unspecified atom stereocenters. The van der Waals surface area contributed by atoms with Crippen molar-refractivity contribution in [3.63, 3.8) is 0 Å². The maximum atomic E-state index is 8.21. The van der Waals surface area contributed by atoms with Crippen molar-refractivity contribution < 1.29 is 8.68 Å². The van der Waals surface area contributed by atoms with Crippen LogP contribution in [0.2, 0.25) is 0 Å². The van der Waals surface area contributed by atoms with Gasteiger partial charge in [0.15, 0.2) is 0 Å². The van der Waals surface area contributed by atoms with E-state index in [0.29, 0.717) is 0 Å². The van der Waals surface area contributed by atoms with Crippen LogP contribution in [0.1, 0.15) is 15.5 Å². The van der Waals surface area contributed by atoms with Crippen LogP contribution in [0.5, 0.6) is 0 Å². The summed E-state index contributed by atoms with van der Waals surface area (Å²) in [4.78, 5) is 0. The molecule has 2 heterocycles. The van der Waals surface area contributed by atoms with Gasteiger partial charge in [0.2, 0.25) is 5.82 Å². The molecule has 0 aliphatic heterocycles. The first-order valence-electron chi connectivity index (χ1n) is 11.2. The number of hydrogen-bond acceptors (Lipinski definition) is 0.